The van der Waals surface area contributed by atoms with Gasteiger partial charge >= 0.3 is 0 Å². The number of nitrogens with zero attached hydrogens (tertiary/aromatic N) is 2. The van der Waals surface area contributed by atoms with E-state index in [9.17, 15) is 8.78 Å². The van der Waals surface area contributed by atoms with Crippen LogP contribution in [0, 0.1) is 18.6 Å². The molecular weight excluding hydrogens is 313 g/mol. The van der Waals surface area contributed by atoms with Crippen molar-refractivity contribution in [2.75, 3.05) is 0 Å². The lowest BCUT2D eigenvalue weighted by Gasteiger charge is -2.04. The maximum atomic E-state index is 13.3. The van der Waals surface area contributed by atoms with Crippen molar-refractivity contribution in [2.24, 2.45) is 0 Å². The topological polar surface area (TPSA) is 25.8 Å². The highest BCUT2D eigenvalue weighted by Crippen LogP contribution is 2.24. The third kappa shape index (κ3) is 2.45. The summed E-state index contributed by atoms with van der Waals surface area (Å²) in [7, 11) is 0. The fourth-order valence-corrected chi connectivity index (χ4v) is 1.75. The van der Waals surface area contributed by atoms with E-state index in [1.807, 2.05) is 0 Å². The summed E-state index contributed by atoms with van der Waals surface area (Å²) in [5.41, 5.74) is 0.569. The number of aryl methyl sites for hydroxylation is 1. The lowest BCUT2D eigenvalue weighted by atomic mass is 10.2. The van der Waals surface area contributed by atoms with E-state index in [0.717, 1.165) is 0 Å². The second-order valence-electron chi connectivity index (χ2n) is 3.37. The molecule has 1 aromatic carbocycles. The standard InChI is InChI=1S/C11H6BrClF2N2/c1-5-9(15)10(13)17-11(16-5)6-2-3-7(12)8(14)4-6/h2-4H,1H3. The van der Waals surface area contributed by atoms with E-state index in [1.54, 1.807) is 6.07 Å². The lowest BCUT2D eigenvalue weighted by Crippen LogP contribution is -1.97. The van der Waals surface area contributed by atoms with Gasteiger partial charge in [-0.25, -0.2) is 18.7 Å². The molecule has 0 fully saturated rings. The number of aromatic nitrogens is 2. The van der Waals surface area contributed by atoms with E-state index in [-0.39, 0.29) is 16.7 Å². The average Bonchev–Trinajstić information content (AvgIpc) is 2.29. The van der Waals surface area contributed by atoms with Crippen molar-refractivity contribution >= 4 is 27.5 Å². The Morgan fingerprint density at radius 3 is 2.53 bits per heavy atom. The molecule has 17 heavy (non-hydrogen) atoms. The van der Waals surface area contributed by atoms with Crippen LogP contribution in [-0.4, -0.2) is 9.97 Å². The molecule has 0 bridgehead atoms. The molecule has 0 saturated carbocycles. The highest BCUT2D eigenvalue weighted by molar-refractivity contribution is 9.10. The monoisotopic (exact) mass is 318 g/mol. The van der Waals surface area contributed by atoms with Gasteiger partial charge in [0.15, 0.2) is 16.8 Å². The van der Waals surface area contributed by atoms with E-state index in [0.29, 0.717) is 10.0 Å². The number of hydrogen-bond acceptors (Lipinski definition) is 2. The van der Waals surface area contributed by atoms with Gasteiger partial charge < -0.3 is 0 Å². The number of rotatable bonds is 1. The summed E-state index contributed by atoms with van der Waals surface area (Å²) in [6.07, 6.45) is 0. The highest BCUT2D eigenvalue weighted by atomic mass is 79.9. The Morgan fingerprint density at radius 1 is 1.24 bits per heavy atom. The first-order valence-electron chi connectivity index (χ1n) is 4.64. The molecule has 0 radical (unpaired) electrons. The first-order valence-corrected chi connectivity index (χ1v) is 5.81. The molecule has 2 aromatic rings. The summed E-state index contributed by atoms with van der Waals surface area (Å²) < 4.78 is 26.9. The van der Waals surface area contributed by atoms with E-state index in [1.165, 1.54) is 19.1 Å². The van der Waals surface area contributed by atoms with Gasteiger partial charge in [-0.15, -0.1) is 0 Å². The van der Waals surface area contributed by atoms with Gasteiger partial charge in [-0.1, -0.05) is 11.6 Å². The zero-order valence-electron chi connectivity index (χ0n) is 8.64. The molecule has 88 valence electrons. The molecule has 0 amide bonds. The first kappa shape index (κ1) is 12.4. The van der Waals surface area contributed by atoms with Crippen molar-refractivity contribution in [1.82, 2.24) is 9.97 Å². The van der Waals surface area contributed by atoms with Gasteiger partial charge in [-0.3, -0.25) is 0 Å². The summed E-state index contributed by atoms with van der Waals surface area (Å²) >= 11 is 8.65. The Labute approximate surface area is 110 Å². The number of benzene rings is 1. The normalized spacial score (nSPS) is 10.6. The fourth-order valence-electron chi connectivity index (χ4n) is 1.29. The molecule has 6 heteroatoms. The first-order chi connectivity index (χ1) is 7.99. The van der Waals surface area contributed by atoms with Crippen molar-refractivity contribution in [3.05, 3.63) is 45.2 Å². The van der Waals surface area contributed by atoms with Crippen LogP contribution in [0.15, 0.2) is 22.7 Å². The number of hydrogen-bond donors (Lipinski definition) is 0. The molecule has 0 spiro atoms. The Balaban J connectivity index is 2.57. The molecule has 2 rings (SSSR count). The van der Waals surface area contributed by atoms with Gasteiger partial charge in [-0.05, 0) is 41.1 Å². The summed E-state index contributed by atoms with van der Waals surface area (Å²) in [6, 6.07) is 4.41. The van der Waals surface area contributed by atoms with Gasteiger partial charge in [0.05, 0.1) is 10.2 Å². The van der Waals surface area contributed by atoms with E-state index < -0.39 is 11.6 Å². The molecule has 0 unspecified atom stereocenters. The van der Waals surface area contributed by atoms with Crippen molar-refractivity contribution in [3.8, 4) is 11.4 Å². The molecule has 0 N–H and O–H groups in total. The number of halogens is 4. The van der Waals surface area contributed by atoms with Crippen molar-refractivity contribution in [3.63, 3.8) is 0 Å². The van der Waals surface area contributed by atoms with E-state index in [4.69, 9.17) is 11.6 Å². The van der Waals surface area contributed by atoms with Gasteiger partial charge in [0.2, 0.25) is 0 Å². The minimum atomic E-state index is -0.659. The van der Waals surface area contributed by atoms with Crippen LogP contribution in [-0.2, 0) is 0 Å². The van der Waals surface area contributed by atoms with Crippen LogP contribution in [0.3, 0.4) is 0 Å². The van der Waals surface area contributed by atoms with Crippen LogP contribution in [0.2, 0.25) is 5.15 Å². The van der Waals surface area contributed by atoms with Crippen LogP contribution in [0.1, 0.15) is 5.69 Å². The van der Waals surface area contributed by atoms with Crippen molar-refractivity contribution in [2.45, 2.75) is 6.92 Å². The van der Waals surface area contributed by atoms with E-state index >= 15 is 0 Å². The molecule has 0 aliphatic rings. The summed E-state index contributed by atoms with van der Waals surface area (Å²) in [6.45, 7) is 1.47. The van der Waals surface area contributed by atoms with Crippen LogP contribution in [0.5, 0.6) is 0 Å². The maximum absolute atomic E-state index is 13.3. The Bertz CT molecular complexity index is 567. The summed E-state index contributed by atoms with van der Waals surface area (Å²) in [5, 5.41) is -0.268. The molecule has 1 heterocycles. The minimum absolute atomic E-state index is 0.128. The molecule has 1 aromatic heterocycles. The molecule has 0 atom stereocenters. The zero-order chi connectivity index (χ0) is 12.6. The third-order valence-corrected chi connectivity index (χ3v) is 3.05. The van der Waals surface area contributed by atoms with Crippen molar-refractivity contribution in [1.29, 1.82) is 0 Å². The molecular formula is C11H6BrClF2N2. The van der Waals surface area contributed by atoms with Gasteiger partial charge in [-0.2, -0.15) is 0 Å². The van der Waals surface area contributed by atoms with Crippen LogP contribution in [0.25, 0.3) is 11.4 Å². The second-order valence-corrected chi connectivity index (χ2v) is 4.58. The Hall–Kier alpha value is -1.07. The molecule has 0 aliphatic heterocycles. The average molecular weight is 320 g/mol. The van der Waals surface area contributed by atoms with Crippen LogP contribution < -0.4 is 0 Å². The van der Waals surface area contributed by atoms with Crippen LogP contribution in [0.4, 0.5) is 8.78 Å². The molecule has 2 nitrogen and oxygen atoms in total. The highest BCUT2D eigenvalue weighted by Gasteiger charge is 2.12. The van der Waals surface area contributed by atoms with Gasteiger partial charge in [0.25, 0.3) is 0 Å². The van der Waals surface area contributed by atoms with Gasteiger partial charge in [0, 0.05) is 5.56 Å². The molecule has 0 saturated heterocycles. The largest absolute Gasteiger partial charge is 0.230 e. The van der Waals surface area contributed by atoms with E-state index in [2.05, 4.69) is 25.9 Å². The Kier molecular flexibility index (Phi) is 3.40. The quantitative estimate of drug-likeness (QED) is 0.738. The second kappa shape index (κ2) is 4.66. The molecule has 0 aliphatic carbocycles. The lowest BCUT2D eigenvalue weighted by molar-refractivity contribution is 0.602. The fraction of sp³-hybridized carbons (Fsp3) is 0.0909. The Morgan fingerprint density at radius 2 is 1.94 bits per heavy atom. The third-order valence-electron chi connectivity index (χ3n) is 2.15. The minimum Gasteiger partial charge on any atom is -0.230 e. The predicted octanol–water partition coefficient (Wildman–Crippen LogP) is 4.15. The SMILES string of the molecule is Cc1nc(-c2ccc(Br)c(F)c2)nc(Cl)c1F. The summed E-state index contributed by atoms with van der Waals surface area (Å²) in [4.78, 5) is 7.69. The van der Waals surface area contributed by atoms with Gasteiger partial charge in [0.1, 0.15) is 5.82 Å². The zero-order valence-corrected chi connectivity index (χ0v) is 11.0. The summed E-state index contributed by atoms with van der Waals surface area (Å²) in [5.74, 6) is -0.905. The maximum Gasteiger partial charge on any atom is 0.181 e. The van der Waals surface area contributed by atoms with Crippen LogP contribution >= 0.6 is 27.5 Å². The smallest absolute Gasteiger partial charge is 0.181 e. The predicted molar refractivity (Wildman–Crippen MR) is 64.8 cm³/mol. The van der Waals surface area contributed by atoms with Crippen molar-refractivity contribution < 1.29 is 8.78 Å².